The van der Waals surface area contributed by atoms with Crippen molar-refractivity contribution >= 4 is 5.91 Å². The normalized spacial score (nSPS) is 12.8. The molecule has 0 bridgehead atoms. The molecule has 1 rings (SSSR count). The number of hydrogen-bond acceptors (Lipinski definition) is 3. The first-order valence-corrected chi connectivity index (χ1v) is 5.57. The summed E-state index contributed by atoms with van der Waals surface area (Å²) in [4.78, 5) is 11.6. The molecule has 0 aliphatic heterocycles. The van der Waals surface area contributed by atoms with Crippen molar-refractivity contribution in [3.63, 3.8) is 0 Å². The minimum absolute atomic E-state index is 0.0132. The molecule has 0 fully saturated rings. The SMILES string of the molecule is Cc1ccoc1CNC(C)C(=O)NC(C)C. The predicted molar refractivity (Wildman–Crippen MR) is 63.0 cm³/mol. The van der Waals surface area contributed by atoms with E-state index in [0.717, 1.165) is 11.3 Å². The van der Waals surface area contributed by atoms with E-state index in [-0.39, 0.29) is 18.0 Å². The van der Waals surface area contributed by atoms with Crippen LogP contribution in [0.4, 0.5) is 0 Å². The number of nitrogens with one attached hydrogen (secondary N) is 2. The summed E-state index contributed by atoms with van der Waals surface area (Å²) in [6.45, 7) is 8.30. The highest BCUT2D eigenvalue weighted by Crippen LogP contribution is 2.08. The van der Waals surface area contributed by atoms with Crippen LogP contribution in [0.1, 0.15) is 32.1 Å². The molecule has 1 aromatic rings. The van der Waals surface area contributed by atoms with E-state index in [9.17, 15) is 4.79 Å². The first kappa shape index (κ1) is 12.8. The summed E-state index contributed by atoms with van der Waals surface area (Å²) in [7, 11) is 0. The van der Waals surface area contributed by atoms with E-state index in [0.29, 0.717) is 6.54 Å². The fourth-order valence-electron chi connectivity index (χ4n) is 1.33. The van der Waals surface area contributed by atoms with Crippen LogP contribution in [0.15, 0.2) is 16.7 Å². The Hall–Kier alpha value is -1.29. The van der Waals surface area contributed by atoms with Gasteiger partial charge in [0.1, 0.15) is 5.76 Å². The van der Waals surface area contributed by atoms with Gasteiger partial charge in [-0.2, -0.15) is 0 Å². The molecule has 1 heterocycles. The molecule has 0 radical (unpaired) electrons. The van der Waals surface area contributed by atoms with Gasteiger partial charge in [0.15, 0.2) is 0 Å². The van der Waals surface area contributed by atoms with Crippen molar-refractivity contribution < 1.29 is 9.21 Å². The molecule has 1 amide bonds. The van der Waals surface area contributed by atoms with Crippen LogP contribution < -0.4 is 10.6 Å². The maximum Gasteiger partial charge on any atom is 0.237 e. The lowest BCUT2D eigenvalue weighted by molar-refractivity contribution is -0.123. The van der Waals surface area contributed by atoms with Crippen molar-refractivity contribution in [1.82, 2.24) is 10.6 Å². The van der Waals surface area contributed by atoms with E-state index in [1.54, 1.807) is 6.26 Å². The highest BCUT2D eigenvalue weighted by molar-refractivity contribution is 5.81. The van der Waals surface area contributed by atoms with E-state index < -0.39 is 0 Å². The summed E-state index contributed by atoms with van der Waals surface area (Å²) in [6, 6.07) is 1.87. The third-order valence-electron chi connectivity index (χ3n) is 2.36. The minimum atomic E-state index is -0.216. The van der Waals surface area contributed by atoms with Crippen molar-refractivity contribution in [2.24, 2.45) is 0 Å². The van der Waals surface area contributed by atoms with E-state index in [1.165, 1.54) is 0 Å². The number of furan rings is 1. The molecule has 0 spiro atoms. The van der Waals surface area contributed by atoms with Gasteiger partial charge in [-0.1, -0.05) is 0 Å². The van der Waals surface area contributed by atoms with Gasteiger partial charge in [0.05, 0.1) is 18.8 Å². The second-order valence-corrected chi connectivity index (χ2v) is 4.29. The van der Waals surface area contributed by atoms with Gasteiger partial charge in [0.25, 0.3) is 0 Å². The molecule has 90 valence electrons. The lowest BCUT2D eigenvalue weighted by Crippen LogP contribution is -2.44. The molecule has 0 saturated carbocycles. The molecule has 0 aromatic carbocycles. The van der Waals surface area contributed by atoms with Crippen LogP contribution in [-0.4, -0.2) is 18.0 Å². The zero-order valence-corrected chi connectivity index (χ0v) is 10.3. The molecule has 0 aliphatic rings. The molecule has 2 N–H and O–H groups in total. The molecule has 0 aliphatic carbocycles. The molecule has 16 heavy (non-hydrogen) atoms. The number of rotatable bonds is 5. The van der Waals surface area contributed by atoms with Gasteiger partial charge in [-0.25, -0.2) is 0 Å². The average Bonchev–Trinajstić information content (AvgIpc) is 2.59. The smallest absolute Gasteiger partial charge is 0.237 e. The zero-order valence-electron chi connectivity index (χ0n) is 10.3. The van der Waals surface area contributed by atoms with Crippen molar-refractivity contribution in [3.05, 3.63) is 23.7 Å². The maximum atomic E-state index is 11.6. The highest BCUT2D eigenvalue weighted by Gasteiger charge is 2.13. The highest BCUT2D eigenvalue weighted by atomic mass is 16.3. The summed E-state index contributed by atoms with van der Waals surface area (Å²) in [5, 5.41) is 5.98. The monoisotopic (exact) mass is 224 g/mol. The number of aryl methyl sites for hydroxylation is 1. The molecule has 0 saturated heterocycles. The number of carbonyl (C=O) groups is 1. The van der Waals surface area contributed by atoms with Crippen LogP contribution >= 0.6 is 0 Å². The van der Waals surface area contributed by atoms with E-state index in [2.05, 4.69) is 10.6 Å². The quantitative estimate of drug-likeness (QED) is 0.798. The zero-order chi connectivity index (χ0) is 12.1. The Morgan fingerprint density at radius 1 is 1.44 bits per heavy atom. The Balaban J connectivity index is 2.38. The topological polar surface area (TPSA) is 54.3 Å². The summed E-state index contributed by atoms with van der Waals surface area (Å²) >= 11 is 0. The fraction of sp³-hybridized carbons (Fsp3) is 0.583. The van der Waals surface area contributed by atoms with Gasteiger partial charge in [0, 0.05) is 6.04 Å². The van der Waals surface area contributed by atoms with Crippen LogP contribution in [0.5, 0.6) is 0 Å². The molecule has 1 atom stereocenters. The van der Waals surface area contributed by atoms with Crippen molar-refractivity contribution in [2.45, 2.75) is 46.3 Å². The molecule has 4 nitrogen and oxygen atoms in total. The largest absolute Gasteiger partial charge is 0.468 e. The average molecular weight is 224 g/mol. The third kappa shape index (κ3) is 3.70. The van der Waals surface area contributed by atoms with Gasteiger partial charge >= 0.3 is 0 Å². The van der Waals surface area contributed by atoms with E-state index in [4.69, 9.17) is 4.42 Å². The van der Waals surface area contributed by atoms with Crippen molar-refractivity contribution in [1.29, 1.82) is 0 Å². The van der Waals surface area contributed by atoms with Gasteiger partial charge in [-0.3, -0.25) is 10.1 Å². The van der Waals surface area contributed by atoms with Crippen molar-refractivity contribution in [3.8, 4) is 0 Å². The lowest BCUT2D eigenvalue weighted by Gasteiger charge is -2.15. The number of amides is 1. The summed E-state index contributed by atoms with van der Waals surface area (Å²) in [5.74, 6) is 0.892. The van der Waals surface area contributed by atoms with Gasteiger partial charge < -0.3 is 9.73 Å². The van der Waals surface area contributed by atoms with Crippen LogP contribution in [0.2, 0.25) is 0 Å². The Labute approximate surface area is 96.4 Å². The van der Waals surface area contributed by atoms with Gasteiger partial charge in [0.2, 0.25) is 5.91 Å². The first-order valence-electron chi connectivity index (χ1n) is 5.57. The molecular formula is C12H20N2O2. The molecule has 1 unspecified atom stereocenters. The van der Waals surface area contributed by atoms with Crippen LogP contribution in [-0.2, 0) is 11.3 Å². The van der Waals surface area contributed by atoms with Crippen LogP contribution in [0.3, 0.4) is 0 Å². The maximum absolute atomic E-state index is 11.6. The molecule has 1 aromatic heterocycles. The standard InChI is InChI=1S/C12H20N2O2/c1-8(2)14-12(15)10(4)13-7-11-9(3)5-6-16-11/h5-6,8,10,13H,7H2,1-4H3,(H,14,15). The second-order valence-electron chi connectivity index (χ2n) is 4.29. The fourth-order valence-corrected chi connectivity index (χ4v) is 1.33. The van der Waals surface area contributed by atoms with Gasteiger partial charge in [-0.15, -0.1) is 0 Å². The Morgan fingerprint density at radius 2 is 2.12 bits per heavy atom. The predicted octanol–water partition coefficient (Wildman–Crippen LogP) is 1.59. The van der Waals surface area contributed by atoms with Crippen LogP contribution in [0, 0.1) is 6.92 Å². The number of carbonyl (C=O) groups excluding carboxylic acids is 1. The number of hydrogen-bond donors (Lipinski definition) is 2. The molecule has 4 heteroatoms. The van der Waals surface area contributed by atoms with Gasteiger partial charge in [-0.05, 0) is 39.3 Å². The second kappa shape index (κ2) is 5.70. The Morgan fingerprint density at radius 3 is 2.62 bits per heavy atom. The van der Waals surface area contributed by atoms with E-state index in [1.807, 2.05) is 33.8 Å². The lowest BCUT2D eigenvalue weighted by atomic mass is 10.2. The van der Waals surface area contributed by atoms with E-state index >= 15 is 0 Å². The summed E-state index contributed by atoms with van der Waals surface area (Å²) in [6.07, 6.45) is 1.66. The molecular weight excluding hydrogens is 204 g/mol. The Bertz CT molecular complexity index is 345. The summed E-state index contributed by atoms with van der Waals surface area (Å²) in [5.41, 5.74) is 1.10. The summed E-state index contributed by atoms with van der Waals surface area (Å²) < 4.78 is 5.28. The Kier molecular flexibility index (Phi) is 4.55. The third-order valence-corrected chi connectivity index (χ3v) is 2.36. The van der Waals surface area contributed by atoms with Crippen LogP contribution in [0.25, 0.3) is 0 Å². The minimum Gasteiger partial charge on any atom is -0.468 e. The van der Waals surface area contributed by atoms with Crippen molar-refractivity contribution in [2.75, 3.05) is 0 Å². The first-order chi connectivity index (χ1) is 7.50.